The summed E-state index contributed by atoms with van der Waals surface area (Å²) in [4.78, 5) is 34.7. The number of nitrogens with zero attached hydrogens (tertiary/aromatic N) is 10. The van der Waals surface area contributed by atoms with Gasteiger partial charge in [0.05, 0.1) is 68.4 Å². The van der Waals surface area contributed by atoms with Crippen LogP contribution in [0.15, 0.2) is 77.9 Å². The molecule has 0 aliphatic carbocycles. The van der Waals surface area contributed by atoms with Crippen LogP contribution in [0.2, 0.25) is 20.1 Å². The average Bonchev–Trinajstić information content (AvgIpc) is 3.29. The van der Waals surface area contributed by atoms with Crippen molar-refractivity contribution in [2.75, 3.05) is 58.8 Å². The molecule has 4 aromatic rings. The maximum absolute atomic E-state index is 13.5. The molecule has 2 aliphatic heterocycles. The zero-order valence-electron chi connectivity index (χ0n) is 37.6. The third kappa shape index (κ3) is 16.7. The Hall–Kier alpha value is -4.91. The molecular weight excluding hydrogens is 989 g/mol. The first-order valence-corrected chi connectivity index (χ1v) is 23.9. The van der Waals surface area contributed by atoms with Crippen molar-refractivity contribution in [2.24, 2.45) is 17.0 Å². The smallest absolute Gasteiger partial charge is 0.491 e. The van der Waals surface area contributed by atoms with Gasteiger partial charge in [0.1, 0.15) is 23.6 Å². The molecule has 352 valence electrons. The summed E-state index contributed by atoms with van der Waals surface area (Å²) >= 11 is 24.6. The van der Waals surface area contributed by atoms with Gasteiger partial charge in [0.25, 0.3) is 21.9 Å². The number of benzene rings is 4. The minimum atomic E-state index is -3.60. The van der Waals surface area contributed by atoms with Crippen molar-refractivity contribution in [3.05, 3.63) is 153 Å². The van der Waals surface area contributed by atoms with Gasteiger partial charge in [-0.15, -0.1) is 0 Å². The van der Waals surface area contributed by atoms with Gasteiger partial charge in [-0.25, -0.2) is 0 Å². The molecule has 4 atom stereocenters. The molecule has 0 radical (unpaired) electrons. The van der Waals surface area contributed by atoms with Crippen LogP contribution in [0.25, 0.3) is 26.4 Å². The van der Waals surface area contributed by atoms with Crippen molar-refractivity contribution < 1.29 is 61.2 Å². The van der Waals surface area contributed by atoms with Gasteiger partial charge in [-0.2, -0.15) is 18.9 Å². The van der Waals surface area contributed by atoms with Crippen LogP contribution < -0.4 is 39.0 Å². The van der Waals surface area contributed by atoms with E-state index in [9.17, 15) is 28.5 Å². The molecular formula is C45H45Cl4N10NaO7S. The maximum atomic E-state index is 13.5. The van der Waals surface area contributed by atoms with Gasteiger partial charge in [-0.1, -0.05) is 89.6 Å². The molecule has 2 amide bonds. The third-order valence-corrected chi connectivity index (χ3v) is 12.6. The number of rotatable bonds is 13. The number of para-hydroxylation sites is 2. The fraction of sp³-hybridized carbons (Fsp3) is 0.378. The molecule has 0 saturated carbocycles. The number of carbonyl (C=O) groups excluding carboxylic acids is 2. The number of hydrogen-bond acceptors (Lipinski definition) is 10. The normalized spacial score (nSPS) is 16.2. The maximum Gasteiger partial charge on any atom is 1.00 e. The minimum absolute atomic E-state index is 0. The Morgan fingerprint density at radius 3 is 1.56 bits per heavy atom. The Balaban J connectivity index is 0.000000336. The van der Waals surface area contributed by atoms with Crippen molar-refractivity contribution in [2.45, 2.75) is 38.5 Å². The Morgan fingerprint density at radius 1 is 0.750 bits per heavy atom. The fourth-order valence-corrected chi connectivity index (χ4v) is 8.43. The van der Waals surface area contributed by atoms with Crippen LogP contribution in [0.5, 0.6) is 11.5 Å². The first kappa shape index (κ1) is 57.4. The predicted molar refractivity (Wildman–Crippen MR) is 256 cm³/mol. The quantitative estimate of drug-likeness (QED) is 0.0411. The summed E-state index contributed by atoms with van der Waals surface area (Å²) in [6.45, 7) is 6.57. The minimum Gasteiger partial charge on any atom is -0.491 e. The van der Waals surface area contributed by atoms with Crippen molar-refractivity contribution in [1.29, 1.82) is 10.5 Å². The Bertz CT molecular complexity index is 2710. The second-order valence-corrected chi connectivity index (χ2v) is 19.0. The van der Waals surface area contributed by atoms with E-state index < -0.39 is 10.1 Å². The number of hydrogen-bond donors (Lipinski definition) is 0. The summed E-state index contributed by atoms with van der Waals surface area (Å²) in [6.07, 6.45) is 1.88. The third-order valence-electron chi connectivity index (χ3n) is 10.5. The molecule has 2 heterocycles. The average molecular weight is 1030 g/mol. The molecule has 23 heteroatoms. The van der Waals surface area contributed by atoms with Crippen LogP contribution in [0.3, 0.4) is 0 Å². The molecule has 0 bridgehead atoms. The van der Waals surface area contributed by atoms with Crippen LogP contribution in [-0.2, 0) is 14.3 Å². The number of carbonyl (C=O) groups is 2. The topological polar surface area (TPSA) is 257 Å². The van der Waals surface area contributed by atoms with Crippen molar-refractivity contribution >= 4 is 68.3 Å². The molecule has 6 rings (SSSR count). The molecule has 0 aromatic heterocycles. The van der Waals surface area contributed by atoms with E-state index in [0.29, 0.717) is 100 Å². The first-order valence-electron chi connectivity index (χ1n) is 20.6. The van der Waals surface area contributed by atoms with Gasteiger partial charge in [-0.05, 0) is 78.0 Å². The molecule has 68 heavy (non-hydrogen) atoms. The predicted octanol–water partition coefficient (Wildman–Crippen LogP) is 8.18. The molecule has 0 saturated heterocycles. The van der Waals surface area contributed by atoms with Gasteiger partial charge in [0, 0.05) is 61.3 Å². The zero-order chi connectivity index (χ0) is 49.3. The molecule has 17 nitrogen and oxygen atoms in total. The van der Waals surface area contributed by atoms with Crippen LogP contribution in [0, 0.1) is 34.5 Å². The number of azide groups is 1. The van der Waals surface area contributed by atoms with Gasteiger partial charge in [0.2, 0.25) is 0 Å². The molecule has 0 spiro atoms. The van der Waals surface area contributed by atoms with E-state index in [-0.39, 0.29) is 83.9 Å². The van der Waals surface area contributed by atoms with E-state index in [2.05, 4.69) is 22.2 Å². The Morgan fingerprint density at radius 2 is 1.18 bits per heavy atom. The van der Waals surface area contributed by atoms with Crippen LogP contribution in [0.1, 0.15) is 81.5 Å². The van der Waals surface area contributed by atoms with E-state index in [0.717, 1.165) is 17.4 Å². The number of halogens is 4. The monoisotopic (exact) mass is 1030 g/mol. The van der Waals surface area contributed by atoms with Gasteiger partial charge < -0.3 is 30.3 Å². The number of amides is 2. The Kier molecular flexibility index (Phi) is 23.6. The largest absolute Gasteiger partial charge is 1.00 e. The number of ether oxygens (including phenoxy) is 2. The van der Waals surface area contributed by atoms with E-state index in [1.807, 2.05) is 26.0 Å². The summed E-state index contributed by atoms with van der Waals surface area (Å²) in [5, 5.41) is 24.2. The molecule has 4 aromatic carbocycles. The van der Waals surface area contributed by atoms with E-state index in [4.69, 9.17) is 76.7 Å². The van der Waals surface area contributed by atoms with E-state index in [1.54, 1.807) is 70.5 Å². The number of fused-ring (bicyclic) bond motifs is 2. The van der Waals surface area contributed by atoms with E-state index >= 15 is 0 Å². The molecule has 2 aliphatic rings. The standard InChI is InChI=1S/C23H24Cl2N2O5S.C22H21Cl2N5O2.N3.Na/c1-15-12-27(23(28)19-5-3-4-17(11-26)22(19)31-14-15)13-18(8-9-32-33(2,29)30)16-6-7-20(24)21(25)10-16;1-14-11-29(22(30)18-4-2-3-16(10-25)21(18)31-13-14)12-17(7-8-27-28-26)15-5-6-19(23)20(24)9-15;1-3-2;/h3-7,10,15,18H,8-9,12-14H2,1-2H3;2-6,9,14,17H,7-8,11-13H2,1H3;;/q;;-1;+1/t15-,18-;14-,17-;;/m11../s1. The molecule has 0 fully saturated rings. The van der Waals surface area contributed by atoms with Crippen molar-refractivity contribution in [1.82, 2.24) is 9.80 Å². The summed E-state index contributed by atoms with van der Waals surface area (Å²) in [6, 6.07) is 24.7. The first-order chi connectivity index (χ1) is 31.9. The van der Waals surface area contributed by atoms with Gasteiger partial charge in [0.15, 0.2) is 0 Å². The van der Waals surface area contributed by atoms with Crippen LogP contribution in [-0.4, -0.2) is 88.8 Å². The fourth-order valence-electron chi connectivity index (χ4n) is 7.42. The number of nitriles is 2. The van der Waals surface area contributed by atoms with Crippen molar-refractivity contribution in [3.63, 3.8) is 0 Å². The summed E-state index contributed by atoms with van der Waals surface area (Å²) in [5.74, 6) is -0.152. The van der Waals surface area contributed by atoms with Gasteiger partial charge >= 0.3 is 29.6 Å². The van der Waals surface area contributed by atoms with E-state index in [1.165, 1.54) is 4.91 Å². The summed E-state index contributed by atoms with van der Waals surface area (Å²) in [7, 11) is -3.60. The second kappa shape index (κ2) is 27.9. The summed E-state index contributed by atoms with van der Waals surface area (Å²) in [5.41, 5.74) is 25.2. The molecule has 0 N–H and O–H groups in total. The van der Waals surface area contributed by atoms with Crippen molar-refractivity contribution in [3.8, 4) is 23.6 Å². The summed E-state index contributed by atoms with van der Waals surface area (Å²) < 4.78 is 39.5. The zero-order valence-corrected chi connectivity index (χ0v) is 43.4. The van der Waals surface area contributed by atoms with Crippen LogP contribution in [0.4, 0.5) is 0 Å². The van der Waals surface area contributed by atoms with Gasteiger partial charge in [-0.3, -0.25) is 18.7 Å². The molecule has 0 unspecified atom stereocenters. The van der Waals surface area contributed by atoms with Crippen LogP contribution >= 0.6 is 46.4 Å². The Labute approximate surface area is 437 Å². The SMILES string of the molecule is C[C@H]1COc2c(C#N)cccc2C(=O)N(C[C@@H](CCN=[N+]=[N-])c2ccc(Cl)c(Cl)c2)C1.C[C@H]1COc2c(C#N)cccc2C(=O)N(C[C@@H](CCOS(C)(=O)=O)c2ccc(Cl)c(Cl)c2)C1.[N-]=[N+]=[N-].[Na+]. The second-order valence-electron chi connectivity index (χ2n) is 15.7.